The average Bonchev–Trinajstić information content (AvgIpc) is 3.55. The summed E-state index contributed by atoms with van der Waals surface area (Å²) in [5.41, 5.74) is 25.1. The number of carbonyl (C=O) groups is 7. The molecule has 0 aliphatic carbocycles. The van der Waals surface area contributed by atoms with E-state index in [0.717, 1.165) is 16.3 Å². The zero-order chi connectivity index (χ0) is 39.6. The second kappa shape index (κ2) is 18.5. The first-order valence-electron chi connectivity index (χ1n) is 16.4. The number of nitrogens with zero attached hydrogens (tertiary/aromatic N) is 1. The van der Waals surface area contributed by atoms with Gasteiger partial charge >= 0.3 is 29.7 Å². The topological polar surface area (TPSA) is 310 Å². The molecule has 0 radical (unpaired) electrons. The first kappa shape index (κ1) is 44.3. The summed E-state index contributed by atoms with van der Waals surface area (Å²) >= 11 is 0. The van der Waals surface area contributed by atoms with Crippen LogP contribution >= 0.6 is 0 Å². The Hall–Kier alpha value is -4.77. The van der Waals surface area contributed by atoms with Crippen molar-refractivity contribution in [1.29, 1.82) is 0 Å². The van der Waals surface area contributed by atoms with Crippen molar-refractivity contribution in [2.45, 2.75) is 90.9 Å². The number of hydrogen-bond donors (Lipinski definition) is 8. The Morgan fingerprint density at radius 3 is 1.75 bits per heavy atom. The molecule has 2 fully saturated rings. The molecule has 4 amide bonds. The van der Waals surface area contributed by atoms with Crippen LogP contribution in [-0.4, -0.2) is 92.1 Å². The van der Waals surface area contributed by atoms with Crippen LogP contribution in [0.25, 0.3) is 10.8 Å². The van der Waals surface area contributed by atoms with Crippen LogP contribution in [0.4, 0.5) is 0 Å². The molecule has 2 aliphatic rings. The van der Waals surface area contributed by atoms with E-state index in [1.54, 1.807) is 0 Å². The fraction of sp³-hybridized carbons (Fsp3) is 0.514. The lowest BCUT2D eigenvalue weighted by molar-refractivity contribution is -0.779. The van der Waals surface area contributed by atoms with Crippen molar-refractivity contribution in [3.8, 4) is 0 Å². The van der Waals surface area contributed by atoms with Gasteiger partial charge in [-0.3, -0.25) is 19.2 Å². The second-order valence-corrected chi connectivity index (χ2v) is 14.1. The van der Waals surface area contributed by atoms with Gasteiger partial charge in [-0.15, -0.1) is 0 Å². The largest absolute Gasteiger partial charge is 0.480 e. The lowest BCUT2D eigenvalue weighted by Gasteiger charge is -2.32. The van der Waals surface area contributed by atoms with Gasteiger partial charge in [0.25, 0.3) is 0 Å². The smallest absolute Gasteiger partial charge is 0.364 e. The Morgan fingerprint density at radius 1 is 0.863 bits per heavy atom. The van der Waals surface area contributed by atoms with Gasteiger partial charge in [0, 0.05) is 6.42 Å². The number of nitrogens with two attached hydrogens (primary N) is 5. The van der Waals surface area contributed by atoms with Crippen LogP contribution in [0.5, 0.6) is 0 Å². The molecule has 7 atom stereocenters. The molecule has 2 aliphatic heterocycles. The number of aliphatic carboxylic acids is 3. The van der Waals surface area contributed by atoms with Crippen molar-refractivity contribution in [3.63, 3.8) is 0 Å². The zero-order valence-corrected chi connectivity index (χ0v) is 29.9. The van der Waals surface area contributed by atoms with Crippen LogP contribution < -0.4 is 28.7 Å². The molecular weight excluding hydrogens is 664 g/mol. The van der Waals surface area contributed by atoms with Gasteiger partial charge in [0.05, 0.1) is 37.3 Å². The highest BCUT2D eigenvalue weighted by atomic mass is 16.4. The van der Waals surface area contributed by atoms with Gasteiger partial charge in [-0.25, -0.2) is 14.4 Å². The van der Waals surface area contributed by atoms with Gasteiger partial charge in [-0.05, 0) is 34.6 Å². The molecule has 2 heterocycles. The molecule has 0 saturated carbocycles. The third-order valence-corrected chi connectivity index (χ3v) is 8.84. The molecule has 51 heavy (non-hydrogen) atoms. The second-order valence-electron chi connectivity index (χ2n) is 14.1. The van der Waals surface area contributed by atoms with Crippen LogP contribution in [0, 0.1) is 17.3 Å². The molecule has 13 N–H and O–H groups in total. The summed E-state index contributed by atoms with van der Waals surface area (Å²) in [6.07, 6.45) is 0.343. The lowest BCUT2D eigenvalue weighted by atomic mass is 9.79. The molecule has 2 saturated heterocycles. The first-order valence-corrected chi connectivity index (χ1v) is 16.4. The van der Waals surface area contributed by atoms with Crippen LogP contribution in [0.2, 0.25) is 0 Å². The summed E-state index contributed by atoms with van der Waals surface area (Å²) < 4.78 is -0.519. The maximum atomic E-state index is 13.4. The number of primary amides is 2. The molecule has 4 rings (SSSR count). The van der Waals surface area contributed by atoms with Gasteiger partial charge < -0.3 is 44.0 Å². The Labute approximate surface area is 296 Å². The number of carboxylic acid groups (broad SMARTS) is 3. The number of fused-ring (bicyclic) bond motifs is 1. The number of imide groups is 1. The van der Waals surface area contributed by atoms with Crippen molar-refractivity contribution >= 4 is 52.3 Å². The summed E-state index contributed by atoms with van der Waals surface area (Å²) in [5.74, 6) is -5.46. The zero-order valence-electron chi connectivity index (χ0n) is 29.9. The number of carboxylic acids is 3. The first-order chi connectivity index (χ1) is 23.4. The molecular formula is C35H53N6O10+. The van der Waals surface area contributed by atoms with Crippen LogP contribution in [0.1, 0.15) is 72.3 Å². The van der Waals surface area contributed by atoms with Crippen LogP contribution in [0.15, 0.2) is 42.5 Å². The van der Waals surface area contributed by atoms with Crippen molar-refractivity contribution in [2.24, 2.45) is 45.9 Å². The van der Waals surface area contributed by atoms with Crippen LogP contribution in [0.3, 0.4) is 0 Å². The number of amides is 4. The van der Waals surface area contributed by atoms with Crippen LogP contribution in [-0.2, 0) is 33.6 Å². The summed E-state index contributed by atoms with van der Waals surface area (Å²) in [6, 6.07) is 10.4. The molecule has 0 bridgehead atoms. The highest BCUT2D eigenvalue weighted by Gasteiger charge is 2.68. The molecule has 2 aromatic rings. The minimum Gasteiger partial charge on any atom is -0.480 e. The maximum absolute atomic E-state index is 13.4. The van der Waals surface area contributed by atoms with E-state index in [4.69, 9.17) is 33.1 Å². The SMILES string of the molecule is CC(C)(C)C1CC(=O)[N@+]2(CC[C@@H](c3ccc4ccccc4c3)[C@H]2C(=O)O)C1=O.CC(C)[C@H](N)C(N)=O.C[C@H](N)C(=O)O.NC(=O)C[C@H](N)C(=O)O. The third-order valence-electron chi connectivity index (χ3n) is 8.84. The van der Waals surface area contributed by atoms with Gasteiger partial charge in [0.1, 0.15) is 12.1 Å². The minimum absolute atomic E-state index is 0.135. The Kier molecular flexibility index (Phi) is 16.0. The molecule has 16 heteroatoms. The van der Waals surface area contributed by atoms with E-state index in [2.05, 4.69) is 5.73 Å². The molecule has 1 spiro atoms. The van der Waals surface area contributed by atoms with Crippen molar-refractivity contribution in [1.82, 2.24) is 0 Å². The summed E-state index contributed by atoms with van der Waals surface area (Å²) in [4.78, 5) is 78.5. The van der Waals surface area contributed by atoms with E-state index >= 15 is 0 Å². The monoisotopic (exact) mass is 717 g/mol. The van der Waals surface area contributed by atoms with Gasteiger partial charge in [0.15, 0.2) is 0 Å². The Balaban J connectivity index is 0.000000462. The normalized spacial score (nSPS) is 22.7. The molecule has 282 valence electrons. The summed E-state index contributed by atoms with van der Waals surface area (Å²) in [7, 11) is 0. The van der Waals surface area contributed by atoms with E-state index in [1.165, 1.54) is 6.92 Å². The predicted octanol–water partition coefficient (Wildman–Crippen LogP) is 0.863. The van der Waals surface area contributed by atoms with Gasteiger partial charge in [-0.2, -0.15) is 4.48 Å². The molecule has 2 aromatic carbocycles. The summed E-state index contributed by atoms with van der Waals surface area (Å²) in [6.45, 7) is 11.2. The number of rotatable bonds is 8. The molecule has 16 nitrogen and oxygen atoms in total. The average molecular weight is 718 g/mol. The van der Waals surface area contributed by atoms with Gasteiger partial charge in [-0.1, -0.05) is 77.1 Å². The Morgan fingerprint density at radius 2 is 1.39 bits per heavy atom. The van der Waals surface area contributed by atoms with E-state index in [9.17, 15) is 38.7 Å². The highest BCUT2D eigenvalue weighted by Crippen LogP contribution is 2.48. The van der Waals surface area contributed by atoms with Crippen molar-refractivity contribution in [2.75, 3.05) is 6.54 Å². The van der Waals surface area contributed by atoms with Gasteiger partial charge in [0.2, 0.25) is 17.9 Å². The number of hydrogen-bond acceptors (Lipinski definition) is 10. The number of carbonyl (C=O) groups excluding carboxylic acids is 4. The highest BCUT2D eigenvalue weighted by molar-refractivity contribution is 5.97. The minimum atomic E-state index is -1.21. The van der Waals surface area contributed by atoms with E-state index in [0.29, 0.717) is 6.42 Å². The number of benzene rings is 2. The Bertz CT molecular complexity index is 1600. The van der Waals surface area contributed by atoms with E-state index < -0.39 is 64.3 Å². The molecule has 1 unspecified atom stereocenters. The fourth-order valence-electron chi connectivity index (χ4n) is 5.76. The standard InChI is InChI=1S/C23H25NO4.C5H12N2O.C4H8N2O3.C3H7NO2/c1-23(2,3)18-13-19(25)24(21(18)26)11-10-17(20(24)22(27)28)16-9-8-14-6-4-5-7-15(14)12-16;1-3(2)4(6)5(7)8;5-2(4(8)9)1-3(6)7;1-2(4)3(5)6/h4-9,12,17-18,20H,10-11,13H2,1-3H3;3-4H,6H2,1-2H3,(H2,7,8);2H,1,5H2,(H2,6,7)(H,8,9);2H,4H2,1H3,(H,5,6)/p+1/t17-,18?,20-,24-;4-;2*2-/m0000/s1. The van der Waals surface area contributed by atoms with Crippen molar-refractivity contribution in [3.05, 3.63) is 48.0 Å². The van der Waals surface area contributed by atoms with E-state index in [-0.39, 0.29) is 48.5 Å². The molecule has 0 aromatic heterocycles. The fourth-order valence-corrected chi connectivity index (χ4v) is 5.76. The maximum Gasteiger partial charge on any atom is 0.364 e. The van der Waals surface area contributed by atoms with E-state index in [1.807, 2.05) is 77.1 Å². The predicted molar refractivity (Wildman–Crippen MR) is 188 cm³/mol. The lowest BCUT2D eigenvalue weighted by Crippen LogP contribution is -2.60. The van der Waals surface area contributed by atoms with Crippen molar-refractivity contribution < 1.29 is 53.4 Å². The summed E-state index contributed by atoms with van der Waals surface area (Å²) in [5, 5.41) is 28.2. The third kappa shape index (κ3) is 11.6. The quantitative estimate of drug-likeness (QED) is 0.139. The number of quaternary nitrogens is 1.